The Labute approximate surface area is 93.7 Å². The van der Waals surface area contributed by atoms with E-state index in [4.69, 9.17) is 0 Å². The number of ketones is 1. The highest BCUT2D eigenvalue weighted by molar-refractivity contribution is 5.92. The molecular weight excluding hydrogens is 212 g/mol. The molecule has 5 nitrogen and oxygen atoms in total. The molecule has 0 fully saturated rings. The van der Waals surface area contributed by atoms with Gasteiger partial charge in [0.2, 0.25) is 5.78 Å². The molecule has 0 saturated heterocycles. The number of carbonyl (C=O) groups is 3. The number of rotatable bonds is 6. The summed E-state index contributed by atoms with van der Waals surface area (Å²) in [5.74, 6) is -1.92. The molecule has 0 amide bonds. The van der Waals surface area contributed by atoms with Crippen molar-refractivity contribution in [2.75, 3.05) is 0 Å². The van der Waals surface area contributed by atoms with E-state index in [2.05, 4.69) is 22.6 Å². The molecule has 5 heteroatoms. The van der Waals surface area contributed by atoms with Crippen LogP contribution in [0.25, 0.3) is 0 Å². The molecule has 0 aromatic heterocycles. The number of Topliss-reactive ketones (excluding diaryl/α,β-unsaturated/α-hetero) is 1. The molecule has 0 radical (unpaired) electrons. The summed E-state index contributed by atoms with van der Waals surface area (Å²) in [5, 5.41) is 0. The maximum atomic E-state index is 11.5. The Morgan fingerprint density at radius 2 is 1.25 bits per heavy atom. The van der Waals surface area contributed by atoms with Crippen molar-refractivity contribution in [3.05, 3.63) is 25.3 Å². The highest BCUT2D eigenvalue weighted by Gasteiger charge is 2.24. The van der Waals surface area contributed by atoms with Gasteiger partial charge in [-0.2, -0.15) is 0 Å². The summed E-state index contributed by atoms with van der Waals surface area (Å²) in [6, 6.07) is 0. The second kappa shape index (κ2) is 6.55. The van der Waals surface area contributed by atoms with Crippen LogP contribution in [0.1, 0.15) is 13.8 Å². The minimum atomic E-state index is -0.988. The number of esters is 2. The van der Waals surface area contributed by atoms with E-state index in [0.29, 0.717) is 0 Å². The van der Waals surface area contributed by atoms with Crippen molar-refractivity contribution < 1.29 is 23.9 Å². The van der Waals surface area contributed by atoms with Gasteiger partial charge in [0.25, 0.3) is 0 Å². The Bertz CT molecular complexity index is 288. The van der Waals surface area contributed by atoms with E-state index in [1.165, 1.54) is 13.8 Å². The average molecular weight is 226 g/mol. The fourth-order valence-corrected chi connectivity index (χ4v) is 0.891. The highest BCUT2D eigenvalue weighted by Crippen LogP contribution is 2.03. The van der Waals surface area contributed by atoms with Gasteiger partial charge in [0.15, 0.2) is 12.2 Å². The lowest BCUT2D eigenvalue weighted by Crippen LogP contribution is -2.34. The third-order valence-corrected chi connectivity index (χ3v) is 1.72. The molecule has 0 aliphatic heterocycles. The quantitative estimate of drug-likeness (QED) is 0.494. The first-order valence-corrected chi connectivity index (χ1v) is 4.62. The van der Waals surface area contributed by atoms with Crippen LogP contribution < -0.4 is 0 Å². The molecule has 0 aromatic rings. The van der Waals surface area contributed by atoms with E-state index < -0.39 is 29.9 Å². The normalized spacial score (nSPS) is 13.1. The molecule has 0 saturated carbocycles. The number of hydrogen-bond acceptors (Lipinski definition) is 5. The van der Waals surface area contributed by atoms with Crippen LogP contribution in [-0.4, -0.2) is 29.9 Å². The maximum absolute atomic E-state index is 11.5. The average Bonchev–Trinajstić information content (AvgIpc) is 2.27. The van der Waals surface area contributed by atoms with E-state index in [1.54, 1.807) is 0 Å². The Morgan fingerprint density at radius 3 is 1.50 bits per heavy atom. The number of carbonyl (C=O) groups excluding carboxylic acids is 3. The van der Waals surface area contributed by atoms with E-state index in [9.17, 15) is 14.4 Å². The molecule has 0 heterocycles. The van der Waals surface area contributed by atoms with Gasteiger partial charge in [0, 0.05) is 12.2 Å². The zero-order valence-electron chi connectivity index (χ0n) is 9.26. The van der Waals surface area contributed by atoms with Gasteiger partial charge in [-0.25, -0.2) is 9.59 Å². The predicted octanol–water partition coefficient (Wildman–Crippen LogP) is 0.791. The van der Waals surface area contributed by atoms with Crippen LogP contribution in [0.3, 0.4) is 0 Å². The largest absolute Gasteiger partial charge is 0.451 e. The van der Waals surface area contributed by atoms with Crippen LogP contribution in [-0.2, 0) is 23.9 Å². The van der Waals surface area contributed by atoms with E-state index >= 15 is 0 Å². The lowest BCUT2D eigenvalue weighted by Gasteiger charge is -2.15. The molecule has 2 unspecified atom stereocenters. The van der Waals surface area contributed by atoms with Crippen LogP contribution in [0, 0.1) is 0 Å². The van der Waals surface area contributed by atoms with Crippen molar-refractivity contribution in [3.8, 4) is 0 Å². The molecule has 0 bridgehead atoms. The first kappa shape index (κ1) is 14.1. The lowest BCUT2D eigenvalue weighted by atomic mass is 10.1. The molecule has 0 aromatic carbocycles. The molecule has 0 spiro atoms. The SMILES string of the molecule is C=CC(=O)OC(C)C(=O)C(C)OC(=O)C=C. The molecule has 88 valence electrons. The second-order valence-electron chi connectivity index (χ2n) is 2.97. The van der Waals surface area contributed by atoms with Gasteiger partial charge in [-0.3, -0.25) is 4.79 Å². The van der Waals surface area contributed by atoms with Crippen molar-refractivity contribution in [1.29, 1.82) is 0 Å². The first-order chi connectivity index (χ1) is 7.42. The summed E-state index contributed by atoms with van der Waals surface area (Å²) in [6.07, 6.45) is -0.0785. The summed E-state index contributed by atoms with van der Waals surface area (Å²) in [7, 11) is 0. The summed E-state index contributed by atoms with van der Waals surface area (Å²) in [5.41, 5.74) is 0. The van der Waals surface area contributed by atoms with Crippen LogP contribution >= 0.6 is 0 Å². The zero-order valence-corrected chi connectivity index (χ0v) is 9.26. The van der Waals surface area contributed by atoms with Crippen molar-refractivity contribution >= 4 is 17.7 Å². The summed E-state index contributed by atoms with van der Waals surface area (Å²) < 4.78 is 9.35. The third-order valence-electron chi connectivity index (χ3n) is 1.72. The second-order valence-corrected chi connectivity index (χ2v) is 2.97. The Hall–Kier alpha value is -1.91. The first-order valence-electron chi connectivity index (χ1n) is 4.62. The topological polar surface area (TPSA) is 69.7 Å². The lowest BCUT2D eigenvalue weighted by molar-refractivity contribution is -0.158. The summed E-state index contributed by atoms with van der Waals surface area (Å²) in [4.78, 5) is 33.1. The molecule has 16 heavy (non-hydrogen) atoms. The molecule has 0 rings (SSSR count). The zero-order chi connectivity index (χ0) is 12.7. The van der Waals surface area contributed by atoms with Crippen molar-refractivity contribution in [2.24, 2.45) is 0 Å². The van der Waals surface area contributed by atoms with Gasteiger partial charge in [0.05, 0.1) is 0 Å². The minimum Gasteiger partial charge on any atom is -0.451 e. The van der Waals surface area contributed by atoms with Crippen LogP contribution in [0.2, 0.25) is 0 Å². The van der Waals surface area contributed by atoms with Crippen molar-refractivity contribution in [2.45, 2.75) is 26.1 Å². The van der Waals surface area contributed by atoms with Crippen molar-refractivity contribution in [1.82, 2.24) is 0 Å². The Morgan fingerprint density at radius 1 is 0.938 bits per heavy atom. The molecule has 0 aliphatic carbocycles. The predicted molar refractivity (Wildman–Crippen MR) is 56.5 cm³/mol. The van der Waals surface area contributed by atoms with Gasteiger partial charge in [0.1, 0.15) is 0 Å². The Kier molecular flexibility index (Phi) is 5.77. The van der Waals surface area contributed by atoms with Gasteiger partial charge in [-0.05, 0) is 13.8 Å². The molecule has 2 atom stereocenters. The summed E-state index contributed by atoms with van der Waals surface area (Å²) >= 11 is 0. The third kappa shape index (κ3) is 4.54. The molecule has 0 aliphatic rings. The number of ether oxygens (including phenoxy) is 2. The summed E-state index contributed by atoms with van der Waals surface area (Å²) in [6.45, 7) is 9.17. The van der Waals surface area contributed by atoms with Gasteiger partial charge >= 0.3 is 11.9 Å². The van der Waals surface area contributed by atoms with E-state index in [-0.39, 0.29) is 0 Å². The smallest absolute Gasteiger partial charge is 0.330 e. The fourth-order valence-electron chi connectivity index (χ4n) is 0.891. The van der Waals surface area contributed by atoms with Crippen LogP contribution in [0.15, 0.2) is 25.3 Å². The number of hydrogen-bond donors (Lipinski definition) is 0. The van der Waals surface area contributed by atoms with Crippen molar-refractivity contribution in [3.63, 3.8) is 0 Å². The van der Waals surface area contributed by atoms with Crippen LogP contribution in [0.5, 0.6) is 0 Å². The van der Waals surface area contributed by atoms with E-state index in [0.717, 1.165) is 12.2 Å². The fraction of sp³-hybridized carbons (Fsp3) is 0.364. The van der Waals surface area contributed by atoms with Gasteiger partial charge < -0.3 is 9.47 Å². The Balaban J connectivity index is 4.31. The molecular formula is C11H14O5. The van der Waals surface area contributed by atoms with Gasteiger partial charge in [-0.15, -0.1) is 0 Å². The monoisotopic (exact) mass is 226 g/mol. The molecule has 0 N–H and O–H groups in total. The minimum absolute atomic E-state index is 0.509. The highest BCUT2D eigenvalue weighted by atomic mass is 16.6. The van der Waals surface area contributed by atoms with Gasteiger partial charge in [-0.1, -0.05) is 13.2 Å². The standard InChI is InChI=1S/C11H14O5/c1-5-9(12)15-7(3)11(14)8(4)16-10(13)6-2/h5-8H,1-2H2,3-4H3. The maximum Gasteiger partial charge on any atom is 0.330 e. The van der Waals surface area contributed by atoms with E-state index in [1.807, 2.05) is 0 Å². The van der Waals surface area contributed by atoms with Crippen LogP contribution in [0.4, 0.5) is 0 Å².